The molecule has 0 aliphatic heterocycles. The van der Waals surface area contributed by atoms with E-state index in [1.165, 1.54) is 24.3 Å². The van der Waals surface area contributed by atoms with Crippen LogP contribution in [0, 0.1) is 5.82 Å². The topological polar surface area (TPSA) is 74.7 Å². The quantitative estimate of drug-likeness (QED) is 0.627. The van der Waals surface area contributed by atoms with Crippen LogP contribution in [0.5, 0.6) is 28.9 Å². The van der Waals surface area contributed by atoms with Gasteiger partial charge in [-0.2, -0.15) is 4.98 Å². The van der Waals surface area contributed by atoms with E-state index in [0.717, 1.165) is 5.56 Å². The lowest BCUT2D eigenvalue weighted by Gasteiger charge is -2.15. The van der Waals surface area contributed by atoms with E-state index in [0.29, 0.717) is 41.4 Å². The fraction of sp³-hybridized carbons (Fsp3) is 0.200. The van der Waals surface area contributed by atoms with Gasteiger partial charge in [0.05, 0.1) is 33.4 Å². The number of hydrogen-bond acceptors (Lipinski definition) is 7. The molecule has 0 fully saturated rings. The molecule has 0 aliphatic carbocycles. The van der Waals surface area contributed by atoms with Gasteiger partial charge < -0.3 is 24.3 Å². The summed E-state index contributed by atoms with van der Waals surface area (Å²) in [6.07, 6.45) is 1.57. The minimum absolute atomic E-state index is 0.331. The molecule has 2 aromatic carbocycles. The Morgan fingerprint density at radius 3 is 2.18 bits per heavy atom. The molecule has 7 nitrogen and oxygen atoms in total. The highest BCUT2D eigenvalue weighted by molar-refractivity contribution is 5.52. The molecule has 0 spiro atoms. The molecular weight excluding hydrogens is 365 g/mol. The lowest BCUT2D eigenvalue weighted by molar-refractivity contribution is 0.369. The van der Waals surface area contributed by atoms with Gasteiger partial charge in [0.15, 0.2) is 0 Å². The number of nitrogens with one attached hydrogen (secondary N) is 1. The third kappa shape index (κ3) is 4.59. The summed E-state index contributed by atoms with van der Waals surface area (Å²) in [5.41, 5.74) is 0.791. The first kappa shape index (κ1) is 19.2. The van der Waals surface area contributed by atoms with Crippen molar-refractivity contribution in [1.82, 2.24) is 9.97 Å². The van der Waals surface area contributed by atoms with E-state index >= 15 is 0 Å². The van der Waals surface area contributed by atoms with Crippen LogP contribution < -0.4 is 24.3 Å². The molecule has 1 heterocycles. The SMILES string of the molecule is COc1cc(OC)c(CNc2nccc(Oc3ccc(F)cc3)n2)c(OC)c1. The van der Waals surface area contributed by atoms with Crippen LogP contribution in [0.15, 0.2) is 48.7 Å². The van der Waals surface area contributed by atoms with Crippen molar-refractivity contribution in [2.24, 2.45) is 0 Å². The maximum atomic E-state index is 13.0. The first-order chi connectivity index (χ1) is 13.6. The Kier molecular flexibility index (Phi) is 6.11. The summed E-state index contributed by atoms with van der Waals surface area (Å²) >= 11 is 0. The van der Waals surface area contributed by atoms with Gasteiger partial charge in [-0.25, -0.2) is 9.37 Å². The van der Waals surface area contributed by atoms with Crippen molar-refractivity contribution in [2.45, 2.75) is 6.54 Å². The number of hydrogen-bond donors (Lipinski definition) is 1. The average Bonchev–Trinajstić information content (AvgIpc) is 2.73. The highest BCUT2D eigenvalue weighted by Gasteiger charge is 2.14. The van der Waals surface area contributed by atoms with Crippen LogP contribution in [0.2, 0.25) is 0 Å². The molecule has 0 unspecified atom stereocenters. The number of aromatic nitrogens is 2. The predicted octanol–water partition coefficient (Wildman–Crippen LogP) is 4.05. The van der Waals surface area contributed by atoms with Gasteiger partial charge in [-0.05, 0) is 24.3 Å². The molecule has 3 aromatic rings. The zero-order valence-electron chi connectivity index (χ0n) is 15.7. The van der Waals surface area contributed by atoms with Crippen LogP contribution in [0.1, 0.15) is 5.56 Å². The van der Waals surface area contributed by atoms with Crippen molar-refractivity contribution < 1.29 is 23.3 Å². The summed E-state index contributed by atoms with van der Waals surface area (Å²) in [6, 6.07) is 10.8. The highest BCUT2D eigenvalue weighted by atomic mass is 19.1. The number of rotatable bonds is 8. The maximum absolute atomic E-state index is 13.0. The van der Waals surface area contributed by atoms with E-state index < -0.39 is 0 Å². The lowest BCUT2D eigenvalue weighted by atomic mass is 10.1. The smallest absolute Gasteiger partial charge is 0.226 e. The number of ether oxygens (including phenoxy) is 4. The van der Waals surface area contributed by atoms with Crippen molar-refractivity contribution in [3.05, 3.63) is 60.0 Å². The molecule has 0 saturated heterocycles. The fourth-order valence-corrected chi connectivity index (χ4v) is 2.53. The number of nitrogens with zero attached hydrogens (tertiary/aromatic N) is 2. The molecule has 0 atom stereocenters. The van der Waals surface area contributed by atoms with Crippen LogP contribution >= 0.6 is 0 Å². The van der Waals surface area contributed by atoms with Crippen molar-refractivity contribution in [3.63, 3.8) is 0 Å². The molecule has 0 aliphatic rings. The normalized spacial score (nSPS) is 10.3. The average molecular weight is 385 g/mol. The van der Waals surface area contributed by atoms with Gasteiger partial charge in [0, 0.05) is 24.4 Å². The standard InChI is InChI=1S/C20H20FN3O4/c1-25-15-10-17(26-2)16(18(11-15)27-3)12-23-20-22-9-8-19(24-20)28-14-6-4-13(21)5-7-14/h4-11H,12H2,1-3H3,(H,22,23,24). The summed E-state index contributed by atoms with van der Waals surface area (Å²) in [7, 11) is 4.73. The first-order valence-electron chi connectivity index (χ1n) is 8.42. The summed E-state index contributed by atoms with van der Waals surface area (Å²) in [5, 5.41) is 3.12. The molecule has 0 amide bonds. The van der Waals surface area contributed by atoms with Crippen LogP contribution in [-0.2, 0) is 6.54 Å². The van der Waals surface area contributed by atoms with Gasteiger partial charge in [0.2, 0.25) is 11.8 Å². The summed E-state index contributed by atoms with van der Waals surface area (Å²) in [5.74, 6) is 2.69. The van der Waals surface area contributed by atoms with Gasteiger partial charge in [-0.15, -0.1) is 0 Å². The van der Waals surface area contributed by atoms with Gasteiger partial charge in [0.25, 0.3) is 0 Å². The Morgan fingerprint density at radius 2 is 1.57 bits per heavy atom. The largest absolute Gasteiger partial charge is 0.496 e. The predicted molar refractivity (Wildman–Crippen MR) is 102 cm³/mol. The summed E-state index contributed by atoms with van der Waals surface area (Å²) < 4.78 is 34.7. The molecule has 146 valence electrons. The molecule has 1 N–H and O–H groups in total. The Labute approximate surface area is 162 Å². The van der Waals surface area contributed by atoms with E-state index in [1.807, 2.05) is 0 Å². The maximum Gasteiger partial charge on any atom is 0.226 e. The molecular formula is C20H20FN3O4. The van der Waals surface area contributed by atoms with Crippen molar-refractivity contribution >= 4 is 5.95 Å². The Hall–Kier alpha value is -3.55. The highest BCUT2D eigenvalue weighted by Crippen LogP contribution is 2.34. The first-order valence-corrected chi connectivity index (χ1v) is 8.42. The van der Waals surface area contributed by atoms with E-state index in [1.54, 1.807) is 45.7 Å². The van der Waals surface area contributed by atoms with E-state index in [4.69, 9.17) is 18.9 Å². The van der Waals surface area contributed by atoms with Gasteiger partial charge in [-0.3, -0.25) is 0 Å². The van der Waals surface area contributed by atoms with Crippen LogP contribution in [0.3, 0.4) is 0 Å². The van der Waals surface area contributed by atoms with Crippen LogP contribution in [-0.4, -0.2) is 31.3 Å². The van der Waals surface area contributed by atoms with Gasteiger partial charge >= 0.3 is 0 Å². The summed E-state index contributed by atoms with van der Waals surface area (Å²) in [4.78, 5) is 8.49. The second-order valence-electron chi connectivity index (χ2n) is 5.64. The Morgan fingerprint density at radius 1 is 0.893 bits per heavy atom. The molecule has 8 heteroatoms. The Balaban J connectivity index is 1.75. The molecule has 0 saturated carbocycles. The van der Waals surface area contributed by atoms with Crippen LogP contribution in [0.4, 0.5) is 10.3 Å². The molecule has 3 rings (SSSR count). The monoisotopic (exact) mass is 385 g/mol. The molecule has 1 aromatic heterocycles. The molecule has 0 radical (unpaired) electrons. The van der Waals surface area contributed by atoms with Crippen molar-refractivity contribution in [1.29, 1.82) is 0 Å². The summed E-state index contributed by atoms with van der Waals surface area (Å²) in [6.45, 7) is 0.357. The minimum atomic E-state index is -0.334. The van der Waals surface area contributed by atoms with Gasteiger partial charge in [-0.1, -0.05) is 0 Å². The minimum Gasteiger partial charge on any atom is -0.496 e. The lowest BCUT2D eigenvalue weighted by Crippen LogP contribution is -2.07. The number of methoxy groups -OCH3 is 3. The number of halogens is 1. The van der Waals surface area contributed by atoms with Crippen molar-refractivity contribution in [2.75, 3.05) is 26.6 Å². The third-order valence-electron chi connectivity index (χ3n) is 3.91. The zero-order valence-corrected chi connectivity index (χ0v) is 15.7. The third-order valence-corrected chi connectivity index (χ3v) is 3.91. The van der Waals surface area contributed by atoms with Gasteiger partial charge in [0.1, 0.15) is 28.8 Å². The number of anilines is 1. The van der Waals surface area contributed by atoms with Crippen molar-refractivity contribution in [3.8, 4) is 28.9 Å². The van der Waals surface area contributed by atoms with E-state index in [9.17, 15) is 4.39 Å². The fourth-order valence-electron chi connectivity index (χ4n) is 2.53. The Bertz CT molecular complexity index is 910. The van der Waals surface area contributed by atoms with E-state index in [2.05, 4.69) is 15.3 Å². The molecule has 0 bridgehead atoms. The number of benzene rings is 2. The zero-order chi connectivity index (χ0) is 19.9. The molecule has 28 heavy (non-hydrogen) atoms. The second-order valence-corrected chi connectivity index (χ2v) is 5.64. The second kappa shape index (κ2) is 8.90. The van der Waals surface area contributed by atoms with E-state index in [-0.39, 0.29) is 5.82 Å². The van der Waals surface area contributed by atoms with Crippen LogP contribution in [0.25, 0.3) is 0 Å².